The molecule has 1 nitrogen and oxygen atoms in total. The van der Waals surface area contributed by atoms with Crippen LogP contribution in [0, 0.1) is 11.8 Å². The summed E-state index contributed by atoms with van der Waals surface area (Å²) in [6.45, 7) is 18.5. The van der Waals surface area contributed by atoms with Gasteiger partial charge in [0.2, 0.25) is 0 Å². The molecule has 0 rings (SSSR count). The summed E-state index contributed by atoms with van der Waals surface area (Å²) in [5.74, 6) is 1.39. The third-order valence-electron chi connectivity index (χ3n) is 4.83. The highest BCUT2D eigenvalue weighted by Crippen LogP contribution is 2.33. The molecular weight excluding hydrogens is 216 g/mol. The lowest BCUT2D eigenvalue weighted by molar-refractivity contribution is 0.409. The first-order valence-electron chi connectivity index (χ1n) is 7.36. The van der Waals surface area contributed by atoms with Crippen LogP contribution in [-0.4, -0.2) is 39.4 Å². The first kappa shape index (κ1) is 18.1. The van der Waals surface area contributed by atoms with E-state index in [9.17, 15) is 0 Å². The van der Waals surface area contributed by atoms with Gasteiger partial charge in [-0.1, -0.05) is 66.0 Å². The molecule has 0 aliphatic rings. The van der Waals surface area contributed by atoms with Crippen LogP contribution in [0.15, 0.2) is 0 Å². The zero-order valence-electron chi connectivity index (χ0n) is 14.2. The molecule has 0 aromatic carbocycles. The monoisotopic (exact) mass is 249 g/mol. The highest BCUT2D eigenvalue weighted by Gasteiger charge is 2.26. The molecule has 0 aliphatic heterocycles. The fraction of sp³-hybridized carbons (Fsp3) is 1.00. The second-order valence-electron chi connectivity index (χ2n) is 7.58. The van der Waals surface area contributed by atoms with Crippen LogP contribution in [0.5, 0.6) is 0 Å². The maximum Gasteiger partial charge on any atom is 0.136 e. The largest absolute Gasteiger partial charge is 0.322 e. The molecule has 2 radical (unpaired) electrons. The third kappa shape index (κ3) is 6.31. The van der Waals surface area contributed by atoms with Crippen LogP contribution >= 0.6 is 0 Å². The van der Waals surface area contributed by atoms with Crippen molar-refractivity contribution in [2.24, 2.45) is 11.8 Å². The van der Waals surface area contributed by atoms with E-state index in [1.54, 1.807) is 0 Å². The molecule has 0 spiro atoms. The van der Waals surface area contributed by atoms with Crippen LogP contribution in [-0.2, 0) is 0 Å². The van der Waals surface area contributed by atoms with Gasteiger partial charge in [-0.15, -0.1) is 0 Å². The van der Waals surface area contributed by atoms with Crippen molar-refractivity contribution in [1.82, 2.24) is 4.90 Å². The van der Waals surface area contributed by atoms with E-state index in [0.29, 0.717) is 22.5 Å². The molecule has 0 fully saturated rings. The zero-order chi connectivity index (χ0) is 14.6. The molecule has 3 heteroatoms. The number of hydrogen-bond donors (Lipinski definition) is 0. The van der Waals surface area contributed by atoms with E-state index in [2.05, 4.69) is 81.9 Å². The lowest BCUT2D eigenvalue weighted by atomic mass is 9.48. The molecule has 0 saturated carbocycles. The lowest BCUT2D eigenvalue weighted by Gasteiger charge is -2.33. The van der Waals surface area contributed by atoms with Crippen LogP contribution in [0.25, 0.3) is 0 Å². The summed E-state index contributed by atoms with van der Waals surface area (Å²) >= 11 is 0. The summed E-state index contributed by atoms with van der Waals surface area (Å²) < 4.78 is 0. The lowest BCUT2D eigenvalue weighted by Crippen LogP contribution is -2.36. The summed E-state index contributed by atoms with van der Waals surface area (Å²) in [5.41, 5.74) is 0. The van der Waals surface area contributed by atoms with Gasteiger partial charge in [-0.25, -0.2) is 0 Å². The fourth-order valence-electron chi connectivity index (χ4n) is 1.33. The highest BCUT2D eigenvalue weighted by atomic mass is 15.1. The second kappa shape index (κ2) is 7.03. The molecule has 0 aromatic heterocycles. The van der Waals surface area contributed by atoms with Gasteiger partial charge in [0.05, 0.1) is 0 Å². The van der Waals surface area contributed by atoms with Gasteiger partial charge in [0, 0.05) is 0 Å². The van der Waals surface area contributed by atoms with Crippen molar-refractivity contribution in [3.05, 3.63) is 0 Å². The normalized spacial score (nSPS) is 13.6. The molecule has 0 aromatic rings. The minimum Gasteiger partial charge on any atom is -0.322 e. The summed E-state index contributed by atoms with van der Waals surface area (Å²) in [4.78, 5) is 2.40. The van der Waals surface area contributed by atoms with E-state index in [1.807, 2.05) is 0 Å². The maximum atomic E-state index is 2.45. The number of rotatable bonds is 8. The molecule has 104 valence electrons. The van der Waals surface area contributed by atoms with Gasteiger partial charge < -0.3 is 4.90 Å². The van der Waals surface area contributed by atoms with Gasteiger partial charge in [-0.2, -0.15) is 0 Å². The average Bonchev–Trinajstić information content (AvgIpc) is 2.23. The van der Waals surface area contributed by atoms with E-state index in [4.69, 9.17) is 0 Å². The topological polar surface area (TPSA) is 3.24 Å². The molecule has 0 bridgehead atoms. The molecule has 0 amide bonds. The van der Waals surface area contributed by atoms with Crippen LogP contribution < -0.4 is 0 Å². The van der Waals surface area contributed by atoms with Gasteiger partial charge >= 0.3 is 0 Å². The quantitative estimate of drug-likeness (QED) is 0.588. The van der Waals surface area contributed by atoms with Crippen molar-refractivity contribution >= 4 is 14.6 Å². The summed E-state index contributed by atoms with van der Waals surface area (Å²) in [7, 11) is 7.11. The van der Waals surface area contributed by atoms with Crippen molar-refractivity contribution in [3.8, 4) is 0 Å². The summed E-state index contributed by atoms with van der Waals surface area (Å²) in [5, 5.41) is 0.643. The standard InChI is InChI=1S/C15H33B2N/c1-12(2)14(5,6)16-10-18(9)11-17-15(7,8)13(3)4/h12-13H,10-11H2,1-9H3. The average molecular weight is 249 g/mol. The molecule has 0 N–H and O–H groups in total. The van der Waals surface area contributed by atoms with Crippen molar-refractivity contribution in [2.75, 3.05) is 19.9 Å². The highest BCUT2D eigenvalue weighted by molar-refractivity contribution is 6.41. The van der Waals surface area contributed by atoms with E-state index < -0.39 is 0 Å². The van der Waals surface area contributed by atoms with Crippen molar-refractivity contribution in [3.63, 3.8) is 0 Å². The summed E-state index contributed by atoms with van der Waals surface area (Å²) in [6, 6.07) is 0. The SMILES string of the molecule is CC(C)C(C)(C)[B]CN(C)C[B]C(C)(C)C(C)C. The van der Waals surface area contributed by atoms with Gasteiger partial charge in [-0.3, -0.25) is 0 Å². The molecule has 0 aliphatic carbocycles. The van der Waals surface area contributed by atoms with Crippen LogP contribution in [0.3, 0.4) is 0 Å². The Kier molecular flexibility index (Phi) is 7.06. The predicted molar refractivity (Wildman–Crippen MR) is 86.8 cm³/mol. The Labute approximate surface area is 118 Å². The molecule has 18 heavy (non-hydrogen) atoms. The Morgan fingerprint density at radius 1 is 0.778 bits per heavy atom. The predicted octanol–water partition coefficient (Wildman–Crippen LogP) is 3.95. The van der Waals surface area contributed by atoms with Crippen LogP contribution in [0.1, 0.15) is 55.4 Å². The molecule has 0 unspecified atom stereocenters. The van der Waals surface area contributed by atoms with Gasteiger partial charge in [0.1, 0.15) is 14.6 Å². The van der Waals surface area contributed by atoms with Crippen molar-refractivity contribution in [1.29, 1.82) is 0 Å². The van der Waals surface area contributed by atoms with E-state index in [0.717, 1.165) is 12.9 Å². The van der Waals surface area contributed by atoms with Gasteiger partial charge in [0.25, 0.3) is 0 Å². The van der Waals surface area contributed by atoms with Crippen LogP contribution in [0.2, 0.25) is 10.6 Å². The second-order valence-corrected chi connectivity index (χ2v) is 7.58. The Bertz CT molecular complexity index is 211. The fourth-order valence-corrected chi connectivity index (χ4v) is 1.33. The third-order valence-corrected chi connectivity index (χ3v) is 4.83. The van der Waals surface area contributed by atoms with Crippen LogP contribution in [0.4, 0.5) is 0 Å². The first-order chi connectivity index (χ1) is 7.99. The maximum absolute atomic E-state index is 2.45. The molecule has 0 atom stereocenters. The van der Waals surface area contributed by atoms with E-state index in [1.165, 1.54) is 0 Å². The van der Waals surface area contributed by atoms with Gasteiger partial charge in [0.15, 0.2) is 0 Å². The molecular formula is C15H33B2N. The minimum absolute atomic E-state index is 0.321. The van der Waals surface area contributed by atoms with Crippen molar-refractivity contribution < 1.29 is 0 Å². The molecule has 0 saturated heterocycles. The van der Waals surface area contributed by atoms with E-state index in [-0.39, 0.29) is 0 Å². The Hall–Kier alpha value is 0.0899. The van der Waals surface area contributed by atoms with Gasteiger partial charge in [-0.05, 0) is 31.8 Å². The number of nitrogens with zero attached hydrogens (tertiary/aromatic N) is 1. The Balaban J connectivity index is 4.03. The minimum atomic E-state index is 0.321. The van der Waals surface area contributed by atoms with Crippen molar-refractivity contribution in [2.45, 2.75) is 66.0 Å². The number of hydrogen-bond acceptors (Lipinski definition) is 1. The summed E-state index contributed by atoms with van der Waals surface area (Å²) in [6.07, 6.45) is 2.13. The Morgan fingerprint density at radius 2 is 1.06 bits per heavy atom. The Morgan fingerprint density at radius 3 is 1.28 bits per heavy atom. The zero-order valence-corrected chi connectivity index (χ0v) is 14.2. The first-order valence-corrected chi connectivity index (χ1v) is 7.36. The molecule has 0 heterocycles. The van der Waals surface area contributed by atoms with E-state index >= 15 is 0 Å². The smallest absolute Gasteiger partial charge is 0.136 e.